The molecule has 6 heteroatoms. The average Bonchev–Trinajstić information content (AvgIpc) is 2.92. The van der Waals surface area contributed by atoms with E-state index in [0.29, 0.717) is 17.9 Å². The summed E-state index contributed by atoms with van der Waals surface area (Å²) in [4.78, 5) is 26.7. The molecule has 0 aromatic heterocycles. The van der Waals surface area contributed by atoms with Crippen LogP contribution in [0.4, 0.5) is 17.1 Å². The molecule has 4 rings (SSSR count). The SMILES string of the molecule is CN(C(=O)c1ccc(NC(=O)CNc2cccc(OCc3ccccc3)c2)cc1)c1ccccc1. The minimum absolute atomic E-state index is 0.0968. The Morgan fingerprint density at radius 3 is 2.17 bits per heavy atom. The van der Waals surface area contributed by atoms with Gasteiger partial charge in [-0.05, 0) is 54.1 Å². The summed E-state index contributed by atoms with van der Waals surface area (Å²) in [7, 11) is 1.74. The molecule has 0 saturated heterocycles. The number of carbonyl (C=O) groups excluding carboxylic acids is 2. The van der Waals surface area contributed by atoms with Gasteiger partial charge in [0.1, 0.15) is 12.4 Å². The first-order valence-corrected chi connectivity index (χ1v) is 11.3. The molecule has 2 amide bonds. The van der Waals surface area contributed by atoms with Gasteiger partial charge in [-0.2, -0.15) is 0 Å². The van der Waals surface area contributed by atoms with Gasteiger partial charge in [0, 0.05) is 35.7 Å². The first kappa shape index (κ1) is 23.6. The fourth-order valence-electron chi connectivity index (χ4n) is 3.48. The zero-order chi connectivity index (χ0) is 24.5. The van der Waals surface area contributed by atoms with Crippen LogP contribution in [0.3, 0.4) is 0 Å². The molecular formula is C29H27N3O3. The molecule has 0 fully saturated rings. The van der Waals surface area contributed by atoms with Gasteiger partial charge in [0.25, 0.3) is 5.91 Å². The van der Waals surface area contributed by atoms with Crippen molar-refractivity contribution in [3.8, 4) is 5.75 Å². The molecule has 0 atom stereocenters. The number of anilines is 3. The zero-order valence-electron chi connectivity index (χ0n) is 19.5. The van der Waals surface area contributed by atoms with E-state index in [4.69, 9.17) is 4.74 Å². The van der Waals surface area contributed by atoms with Crippen LogP contribution in [0.15, 0.2) is 109 Å². The van der Waals surface area contributed by atoms with Gasteiger partial charge in [0.15, 0.2) is 0 Å². The van der Waals surface area contributed by atoms with Crippen molar-refractivity contribution >= 4 is 28.9 Å². The maximum atomic E-state index is 12.7. The molecule has 0 spiro atoms. The third-order valence-corrected chi connectivity index (χ3v) is 5.40. The first-order valence-electron chi connectivity index (χ1n) is 11.3. The number of hydrogen-bond acceptors (Lipinski definition) is 4. The average molecular weight is 466 g/mol. The highest BCUT2D eigenvalue weighted by atomic mass is 16.5. The Labute approximate surface area is 205 Å². The van der Waals surface area contributed by atoms with E-state index < -0.39 is 0 Å². The monoisotopic (exact) mass is 465 g/mol. The van der Waals surface area contributed by atoms with E-state index in [1.54, 1.807) is 36.2 Å². The minimum Gasteiger partial charge on any atom is -0.489 e. The van der Waals surface area contributed by atoms with Crippen LogP contribution in [-0.4, -0.2) is 25.4 Å². The minimum atomic E-state index is -0.193. The highest BCUT2D eigenvalue weighted by molar-refractivity contribution is 6.06. The molecule has 176 valence electrons. The van der Waals surface area contributed by atoms with Crippen LogP contribution < -0.4 is 20.3 Å². The van der Waals surface area contributed by atoms with Crippen LogP contribution in [0.1, 0.15) is 15.9 Å². The van der Waals surface area contributed by atoms with E-state index >= 15 is 0 Å². The summed E-state index contributed by atoms with van der Waals surface area (Å²) in [5, 5.41) is 5.96. The predicted molar refractivity (Wildman–Crippen MR) is 140 cm³/mol. The number of nitrogens with zero attached hydrogens (tertiary/aromatic N) is 1. The molecule has 0 radical (unpaired) electrons. The summed E-state index contributed by atoms with van der Waals surface area (Å²) in [5.41, 5.74) is 3.85. The molecule has 0 heterocycles. The molecule has 0 saturated carbocycles. The molecule has 4 aromatic carbocycles. The second kappa shape index (κ2) is 11.5. The largest absolute Gasteiger partial charge is 0.489 e. The second-order valence-corrected chi connectivity index (χ2v) is 7.98. The van der Waals surface area contributed by atoms with Gasteiger partial charge in [0.2, 0.25) is 5.91 Å². The second-order valence-electron chi connectivity index (χ2n) is 7.98. The van der Waals surface area contributed by atoms with Crippen molar-refractivity contribution in [2.24, 2.45) is 0 Å². The lowest BCUT2D eigenvalue weighted by molar-refractivity contribution is -0.114. The van der Waals surface area contributed by atoms with Gasteiger partial charge in [-0.3, -0.25) is 9.59 Å². The smallest absolute Gasteiger partial charge is 0.258 e. The molecule has 0 aliphatic carbocycles. The van der Waals surface area contributed by atoms with E-state index in [0.717, 1.165) is 22.7 Å². The van der Waals surface area contributed by atoms with Crippen molar-refractivity contribution in [1.82, 2.24) is 0 Å². The normalized spacial score (nSPS) is 10.3. The maximum absolute atomic E-state index is 12.7. The Hall–Kier alpha value is -4.58. The number of ether oxygens (including phenoxy) is 1. The number of rotatable bonds is 9. The molecule has 0 unspecified atom stereocenters. The molecule has 0 aliphatic rings. The van der Waals surface area contributed by atoms with E-state index in [1.165, 1.54) is 0 Å². The molecule has 0 aliphatic heterocycles. The summed E-state index contributed by atoms with van der Waals surface area (Å²) < 4.78 is 5.84. The molecule has 6 nitrogen and oxygen atoms in total. The highest BCUT2D eigenvalue weighted by Gasteiger charge is 2.13. The Morgan fingerprint density at radius 1 is 0.771 bits per heavy atom. The summed E-state index contributed by atoms with van der Waals surface area (Å²) in [6.07, 6.45) is 0. The maximum Gasteiger partial charge on any atom is 0.258 e. The third-order valence-electron chi connectivity index (χ3n) is 5.40. The van der Waals surface area contributed by atoms with E-state index in [9.17, 15) is 9.59 Å². The van der Waals surface area contributed by atoms with Gasteiger partial charge in [-0.1, -0.05) is 54.6 Å². The van der Waals surface area contributed by atoms with Crippen molar-refractivity contribution in [3.63, 3.8) is 0 Å². The number of para-hydroxylation sites is 1. The highest BCUT2D eigenvalue weighted by Crippen LogP contribution is 2.19. The Kier molecular flexibility index (Phi) is 7.76. The van der Waals surface area contributed by atoms with Gasteiger partial charge < -0.3 is 20.3 Å². The summed E-state index contributed by atoms with van der Waals surface area (Å²) in [5.74, 6) is 0.409. The van der Waals surface area contributed by atoms with E-state index in [2.05, 4.69) is 10.6 Å². The lowest BCUT2D eigenvalue weighted by Gasteiger charge is -2.17. The van der Waals surface area contributed by atoms with Crippen molar-refractivity contribution in [1.29, 1.82) is 0 Å². The van der Waals surface area contributed by atoms with Gasteiger partial charge in [0.05, 0.1) is 6.54 Å². The van der Waals surface area contributed by atoms with Crippen molar-refractivity contribution < 1.29 is 14.3 Å². The summed E-state index contributed by atoms with van der Waals surface area (Å²) in [6, 6.07) is 33.7. The van der Waals surface area contributed by atoms with Crippen molar-refractivity contribution in [2.45, 2.75) is 6.61 Å². The summed E-state index contributed by atoms with van der Waals surface area (Å²) in [6.45, 7) is 0.573. The number of nitrogens with one attached hydrogen (secondary N) is 2. The lowest BCUT2D eigenvalue weighted by Crippen LogP contribution is -2.26. The summed E-state index contributed by atoms with van der Waals surface area (Å²) >= 11 is 0. The van der Waals surface area contributed by atoms with Crippen molar-refractivity contribution in [3.05, 3.63) is 120 Å². The van der Waals surface area contributed by atoms with Crippen LogP contribution >= 0.6 is 0 Å². The zero-order valence-corrected chi connectivity index (χ0v) is 19.5. The molecular weight excluding hydrogens is 438 g/mol. The van der Waals surface area contributed by atoms with Crippen LogP contribution in [0.5, 0.6) is 5.75 Å². The van der Waals surface area contributed by atoms with Crippen LogP contribution in [-0.2, 0) is 11.4 Å². The fourth-order valence-corrected chi connectivity index (χ4v) is 3.48. The van der Waals surface area contributed by atoms with Gasteiger partial charge >= 0.3 is 0 Å². The van der Waals surface area contributed by atoms with E-state index in [1.807, 2.05) is 84.9 Å². The number of hydrogen-bond donors (Lipinski definition) is 2. The quantitative estimate of drug-likeness (QED) is 0.338. The van der Waals surface area contributed by atoms with Crippen LogP contribution in [0, 0.1) is 0 Å². The van der Waals surface area contributed by atoms with Crippen LogP contribution in [0.25, 0.3) is 0 Å². The molecule has 2 N–H and O–H groups in total. The standard InChI is InChI=1S/C29H27N3O3/c1-32(26-12-6-3-7-13-26)29(34)23-15-17-24(18-16-23)31-28(33)20-30-25-11-8-14-27(19-25)35-21-22-9-4-2-5-10-22/h2-19,30H,20-21H2,1H3,(H,31,33). The Balaban J connectivity index is 1.27. The molecule has 0 bridgehead atoms. The number of carbonyl (C=O) groups is 2. The Bertz CT molecular complexity index is 1260. The Morgan fingerprint density at radius 2 is 1.46 bits per heavy atom. The van der Waals surface area contributed by atoms with Gasteiger partial charge in [-0.25, -0.2) is 0 Å². The lowest BCUT2D eigenvalue weighted by atomic mass is 10.1. The van der Waals surface area contributed by atoms with E-state index in [-0.39, 0.29) is 18.4 Å². The third kappa shape index (κ3) is 6.71. The molecule has 35 heavy (non-hydrogen) atoms. The number of benzene rings is 4. The van der Waals surface area contributed by atoms with Gasteiger partial charge in [-0.15, -0.1) is 0 Å². The first-order chi connectivity index (χ1) is 17.1. The number of amides is 2. The predicted octanol–water partition coefficient (Wildman–Crippen LogP) is 5.59. The van der Waals surface area contributed by atoms with Crippen molar-refractivity contribution in [2.75, 3.05) is 29.1 Å². The topological polar surface area (TPSA) is 70.7 Å². The fraction of sp³-hybridized carbons (Fsp3) is 0.103. The molecule has 4 aromatic rings. The van der Waals surface area contributed by atoms with Crippen LogP contribution in [0.2, 0.25) is 0 Å².